The molecule has 0 spiro atoms. The van der Waals surface area contributed by atoms with Crippen LogP contribution in [0.25, 0.3) is 0 Å². The van der Waals surface area contributed by atoms with Crippen LogP contribution in [0.2, 0.25) is 0 Å². The first-order valence-corrected chi connectivity index (χ1v) is 9.28. The van der Waals surface area contributed by atoms with Crippen molar-refractivity contribution >= 4 is 23.4 Å². The van der Waals surface area contributed by atoms with Crippen molar-refractivity contribution in [2.45, 2.75) is 6.92 Å². The number of aromatic nitrogens is 4. The molecule has 1 aliphatic rings. The number of carbonyl (C=O) groups excluding carboxylic acids is 1. The van der Waals surface area contributed by atoms with Crippen molar-refractivity contribution < 1.29 is 9.18 Å². The molecule has 0 unspecified atom stereocenters. The predicted octanol–water partition coefficient (Wildman–Crippen LogP) is 2.42. The summed E-state index contributed by atoms with van der Waals surface area (Å²) < 4.78 is 13.3. The summed E-state index contributed by atoms with van der Waals surface area (Å²) in [5.74, 6) is 1.34. The van der Waals surface area contributed by atoms with Gasteiger partial charge in [0.25, 0.3) is 5.91 Å². The Kier molecular flexibility index (Phi) is 5.28. The molecule has 0 aromatic carbocycles. The average molecular weight is 393 g/mol. The molecule has 0 aliphatic carbocycles. The van der Waals surface area contributed by atoms with Crippen molar-refractivity contribution in [1.29, 1.82) is 0 Å². The average Bonchev–Trinajstić information content (AvgIpc) is 2.74. The second kappa shape index (κ2) is 8.17. The Bertz CT molecular complexity index is 1000. The van der Waals surface area contributed by atoms with Crippen LogP contribution in [0.15, 0.2) is 48.8 Å². The van der Waals surface area contributed by atoms with Crippen LogP contribution in [0.4, 0.5) is 21.8 Å². The number of rotatable bonds is 4. The maximum Gasteiger partial charge on any atom is 0.255 e. The van der Waals surface area contributed by atoms with Crippen LogP contribution in [0, 0.1) is 12.7 Å². The van der Waals surface area contributed by atoms with Crippen LogP contribution in [-0.2, 0) is 0 Å². The molecule has 1 aliphatic heterocycles. The van der Waals surface area contributed by atoms with Gasteiger partial charge in [0, 0.05) is 38.1 Å². The van der Waals surface area contributed by atoms with E-state index in [9.17, 15) is 9.18 Å². The highest BCUT2D eigenvalue weighted by Crippen LogP contribution is 2.17. The van der Waals surface area contributed by atoms with Crippen LogP contribution < -0.4 is 10.2 Å². The molecule has 1 fully saturated rings. The number of amides is 1. The number of aryl methyl sites for hydroxylation is 1. The van der Waals surface area contributed by atoms with E-state index >= 15 is 0 Å². The van der Waals surface area contributed by atoms with Gasteiger partial charge >= 0.3 is 0 Å². The number of nitrogens with zero attached hydrogens (tertiary/aromatic N) is 6. The van der Waals surface area contributed by atoms with Gasteiger partial charge in [0.05, 0.1) is 11.8 Å². The first-order chi connectivity index (χ1) is 14.1. The number of halogens is 1. The van der Waals surface area contributed by atoms with E-state index in [0.29, 0.717) is 37.8 Å². The van der Waals surface area contributed by atoms with E-state index in [-0.39, 0.29) is 11.5 Å². The molecule has 8 nitrogen and oxygen atoms in total. The van der Waals surface area contributed by atoms with Crippen LogP contribution >= 0.6 is 0 Å². The number of piperazine rings is 1. The lowest BCUT2D eigenvalue weighted by molar-refractivity contribution is 0.0745. The highest BCUT2D eigenvalue weighted by atomic mass is 19.1. The van der Waals surface area contributed by atoms with E-state index in [0.717, 1.165) is 17.7 Å². The third kappa shape index (κ3) is 4.45. The Balaban J connectivity index is 1.35. The largest absolute Gasteiger partial charge is 0.352 e. The summed E-state index contributed by atoms with van der Waals surface area (Å²) in [6.07, 6.45) is 2.47. The van der Waals surface area contributed by atoms with E-state index < -0.39 is 5.82 Å². The summed E-state index contributed by atoms with van der Waals surface area (Å²) in [5, 5.41) is 11.6. The smallest absolute Gasteiger partial charge is 0.255 e. The Morgan fingerprint density at radius 3 is 2.55 bits per heavy atom. The van der Waals surface area contributed by atoms with Crippen LogP contribution in [0.5, 0.6) is 0 Å². The summed E-state index contributed by atoms with van der Waals surface area (Å²) in [6.45, 7) is 4.20. The van der Waals surface area contributed by atoms with Gasteiger partial charge in [-0.15, -0.1) is 10.2 Å². The standard InChI is InChI=1S/C20H20FN7O/c1-14-3-2-4-17(23-14)24-18-5-6-19(26-25-18)27-7-9-28(10-8-27)20(29)15-11-16(21)13-22-12-15/h2-6,11-13H,7-10H2,1H3,(H,23,24,25). The van der Waals surface area contributed by atoms with Gasteiger partial charge in [-0.3, -0.25) is 9.78 Å². The summed E-state index contributed by atoms with van der Waals surface area (Å²) >= 11 is 0. The molecule has 1 amide bonds. The van der Waals surface area contributed by atoms with E-state index in [2.05, 4.69) is 30.4 Å². The molecule has 3 aromatic rings. The zero-order valence-electron chi connectivity index (χ0n) is 15.9. The maximum absolute atomic E-state index is 13.3. The number of hydrogen-bond donors (Lipinski definition) is 1. The fraction of sp³-hybridized carbons (Fsp3) is 0.250. The maximum atomic E-state index is 13.3. The quantitative estimate of drug-likeness (QED) is 0.728. The van der Waals surface area contributed by atoms with Crippen molar-refractivity contribution in [2.75, 3.05) is 36.4 Å². The summed E-state index contributed by atoms with van der Waals surface area (Å²) in [5.41, 5.74) is 1.18. The molecular formula is C20H20FN7O. The lowest BCUT2D eigenvalue weighted by Gasteiger charge is -2.35. The molecular weight excluding hydrogens is 373 g/mol. The summed E-state index contributed by atoms with van der Waals surface area (Å²) in [4.78, 5) is 24.4. The number of hydrogen-bond acceptors (Lipinski definition) is 7. The van der Waals surface area contributed by atoms with Gasteiger partial charge in [-0.25, -0.2) is 9.37 Å². The number of pyridine rings is 2. The van der Waals surface area contributed by atoms with Crippen LogP contribution in [0.3, 0.4) is 0 Å². The second-order valence-corrected chi connectivity index (χ2v) is 6.74. The third-order valence-corrected chi connectivity index (χ3v) is 4.64. The fourth-order valence-electron chi connectivity index (χ4n) is 3.15. The van der Waals surface area contributed by atoms with E-state index in [1.165, 1.54) is 12.3 Å². The molecule has 9 heteroatoms. The summed E-state index contributed by atoms with van der Waals surface area (Å²) in [6, 6.07) is 10.7. The molecule has 4 rings (SSSR count). The third-order valence-electron chi connectivity index (χ3n) is 4.64. The van der Waals surface area contributed by atoms with Crippen LogP contribution in [-0.4, -0.2) is 57.2 Å². The fourth-order valence-corrected chi connectivity index (χ4v) is 3.15. The molecule has 0 bridgehead atoms. The molecule has 1 saturated heterocycles. The lowest BCUT2D eigenvalue weighted by Crippen LogP contribution is -2.49. The molecule has 0 saturated carbocycles. The number of carbonyl (C=O) groups is 1. The second-order valence-electron chi connectivity index (χ2n) is 6.74. The zero-order valence-corrected chi connectivity index (χ0v) is 15.9. The normalized spacial score (nSPS) is 14.0. The molecule has 0 radical (unpaired) electrons. The van der Waals surface area contributed by atoms with Gasteiger partial charge in [0.2, 0.25) is 0 Å². The Morgan fingerprint density at radius 2 is 1.86 bits per heavy atom. The number of nitrogens with one attached hydrogen (secondary N) is 1. The topological polar surface area (TPSA) is 87.1 Å². The SMILES string of the molecule is Cc1cccc(Nc2ccc(N3CCN(C(=O)c4cncc(F)c4)CC3)nn2)n1. The van der Waals surface area contributed by atoms with Gasteiger partial charge in [0.1, 0.15) is 11.6 Å². The molecule has 148 valence electrons. The Labute approximate surface area is 167 Å². The molecule has 4 heterocycles. The minimum Gasteiger partial charge on any atom is -0.352 e. The van der Waals surface area contributed by atoms with Crippen LogP contribution in [0.1, 0.15) is 16.1 Å². The van der Waals surface area contributed by atoms with E-state index in [1.54, 1.807) is 4.90 Å². The van der Waals surface area contributed by atoms with Crippen molar-refractivity contribution in [1.82, 2.24) is 25.1 Å². The molecule has 29 heavy (non-hydrogen) atoms. The molecule has 1 N–H and O–H groups in total. The Hall–Kier alpha value is -3.62. The van der Waals surface area contributed by atoms with Crippen molar-refractivity contribution in [2.24, 2.45) is 0 Å². The van der Waals surface area contributed by atoms with Gasteiger partial charge in [0.15, 0.2) is 11.6 Å². The zero-order chi connectivity index (χ0) is 20.2. The van der Waals surface area contributed by atoms with Gasteiger partial charge in [-0.05, 0) is 37.3 Å². The first kappa shape index (κ1) is 18.7. The molecule has 0 atom stereocenters. The lowest BCUT2D eigenvalue weighted by atomic mass is 10.2. The predicted molar refractivity (Wildman–Crippen MR) is 107 cm³/mol. The number of anilines is 3. The van der Waals surface area contributed by atoms with E-state index in [1.807, 2.05) is 37.3 Å². The van der Waals surface area contributed by atoms with Crippen molar-refractivity contribution in [3.8, 4) is 0 Å². The first-order valence-electron chi connectivity index (χ1n) is 9.28. The van der Waals surface area contributed by atoms with Crippen molar-refractivity contribution in [3.63, 3.8) is 0 Å². The van der Waals surface area contributed by atoms with E-state index in [4.69, 9.17) is 0 Å². The van der Waals surface area contributed by atoms with Gasteiger partial charge in [-0.1, -0.05) is 6.07 Å². The highest BCUT2D eigenvalue weighted by Gasteiger charge is 2.23. The monoisotopic (exact) mass is 393 g/mol. The van der Waals surface area contributed by atoms with Gasteiger partial charge in [-0.2, -0.15) is 0 Å². The minimum atomic E-state index is -0.515. The van der Waals surface area contributed by atoms with Crippen molar-refractivity contribution in [3.05, 3.63) is 65.9 Å². The van der Waals surface area contributed by atoms with Gasteiger partial charge < -0.3 is 15.1 Å². The summed E-state index contributed by atoms with van der Waals surface area (Å²) in [7, 11) is 0. The minimum absolute atomic E-state index is 0.215. The Morgan fingerprint density at radius 1 is 1.03 bits per heavy atom. The highest BCUT2D eigenvalue weighted by molar-refractivity contribution is 5.94. The molecule has 3 aromatic heterocycles.